The monoisotopic (exact) mass is 384 g/mol. The summed E-state index contributed by atoms with van der Waals surface area (Å²) in [5.74, 6) is 0.780. The maximum Gasteiger partial charge on any atom is 0.258 e. The van der Waals surface area contributed by atoms with Crippen LogP contribution >= 0.6 is 0 Å². The van der Waals surface area contributed by atoms with Gasteiger partial charge in [0.2, 0.25) is 5.91 Å². The van der Waals surface area contributed by atoms with Gasteiger partial charge in [-0.3, -0.25) is 9.59 Å². The first-order chi connectivity index (χ1) is 13.7. The molecule has 1 unspecified atom stereocenters. The molecular formula is C21H24N2O5. The van der Waals surface area contributed by atoms with Gasteiger partial charge in [0.25, 0.3) is 5.91 Å². The van der Waals surface area contributed by atoms with E-state index in [0.29, 0.717) is 31.2 Å². The van der Waals surface area contributed by atoms with Gasteiger partial charge in [-0.2, -0.15) is 0 Å². The summed E-state index contributed by atoms with van der Waals surface area (Å²) in [6, 6.07) is 16.7. The van der Waals surface area contributed by atoms with Crippen LogP contribution in [0, 0.1) is 0 Å². The van der Waals surface area contributed by atoms with Crippen molar-refractivity contribution < 1.29 is 23.8 Å². The largest absolute Gasteiger partial charge is 0.497 e. The molecule has 1 atom stereocenters. The molecule has 3 rings (SSSR count). The predicted molar refractivity (Wildman–Crippen MR) is 103 cm³/mol. The van der Waals surface area contributed by atoms with Crippen LogP contribution in [-0.4, -0.2) is 56.7 Å². The molecule has 0 aromatic heterocycles. The molecule has 2 amide bonds. The second-order valence-corrected chi connectivity index (χ2v) is 6.35. The fourth-order valence-corrected chi connectivity index (χ4v) is 2.90. The number of carbonyl (C=O) groups excluding carboxylic acids is 2. The minimum absolute atomic E-state index is 0.0632. The van der Waals surface area contributed by atoms with Crippen molar-refractivity contribution in [1.29, 1.82) is 0 Å². The standard InChI is InChI=1S/C21H24N2O5/c1-26-17-7-9-18(10-8-17)28-15-20(24)22-13-21(25)23-11-12-27-19(14-23)16-5-3-2-4-6-16/h2-10,19H,11-15H2,1H3,(H,22,24). The van der Waals surface area contributed by atoms with Crippen LogP contribution in [0.2, 0.25) is 0 Å². The van der Waals surface area contributed by atoms with Gasteiger partial charge in [-0.1, -0.05) is 30.3 Å². The maximum absolute atomic E-state index is 12.4. The average Bonchev–Trinajstić information content (AvgIpc) is 2.77. The lowest BCUT2D eigenvalue weighted by molar-refractivity contribution is -0.139. The van der Waals surface area contributed by atoms with Gasteiger partial charge in [0.05, 0.1) is 26.8 Å². The number of hydrogen-bond acceptors (Lipinski definition) is 5. The van der Waals surface area contributed by atoms with E-state index in [1.807, 2.05) is 30.3 Å². The normalized spacial score (nSPS) is 16.3. The van der Waals surface area contributed by atoms with E-state index in [9.17, 15) is 9.59 Å². The molecule has 2 aromatic carbocycles. The zero-order valence-corrected chi connectivity index (χ0v) is 15.8. The third-order valence-corrected chi connectivity index (χ3v) is 4.46. The first-order valence-electron chi connectivity index (χ1n) is 9.13. The van der Waals surface area contributed by atoms with Crippen molar-refractivity contribution in [3.8, 4) is 11.5 Å². The van der Waals surface area contributed by atoms with Crippen LogP contribution in [0.25, 0.3) is 0 Å². The summed E-state index contributed by atoms with van der Waals surface area (Å²) in [4.78, 5) is 26.1. The van der Waals surface area contributed by atoms with Gasteiger partial charge in [0.1, 0.15) is 17.6 Å². The summed E-state index contributed by atoms with van der Waals surface area (Å²) >= 11 is 0. The molecule has 2 aromatic rings. The van der Waals surface area contributed by atoms with Gasteiger partial charge in [-0.05, 0) is 29.8 Å². The highest BCUT2D eigenvalue weighted by Crippen LogP contribution is 2.21. The lowest BCUT2D eigenvalue weighted by Crippen LogP contribution is -2.47. The van der Waals surface area contributed by atoms with Crippen LogP contribution in [0.3, 0.4) is 0 Å². The highest BCUT2D eigenvalue weighted by Gasteiger charge is 2.25. The summed E-state index contributed by atoms with van der Waals surface area (Å²) in [6.07, 6.45) is -0.145. The third kappa shape index (κ3) is 5.47. The van der Waals surface area contributed by atoms with Crippen molar-refractivity contribution in [2.24, 2.45) is 0 Å². The zero-order chi connectivity index (χ0) is 19.8. The van der Waals surface area contributed by atoms with Gasteiger partial charge >= 0.3 is 0 Å². The highest BCUT2D eigenvalue weighted by atomic mass is 16.5. The van der Waals surface area contributed by atoms with Crippen LogP contribution in [0.15, 0.2) is 54.6 Å². The van der Waals surface area contributed by atoms with Gasteiger partial charge in [-0.25, -0.2) is 0 Å². The predicted octanol–water partition coefficient (Wildman–Crippen LogP) is 1.79. The maximum atomic E-state index is 12.4. The number of carbonyl (C=O) groups is 2. The quantitative estimate of drug-likeness (QED) is 0.788. The number of ether oxygens (including phenoxy) is 3. The first-order valence-corrected chi connectivity index (χ1v) is 9.13. The fourth-order valence-electron chi connectivity index (χ4n) is 2.90. The molecule has 0 radical (unpaired) electrons. The Balaban J connectivity index is 1.42. The van der Waals surface area contributed by atoms with E-state index in [-0.39, 0.29) is 31.1 Å². The molecule has 1 heterocycles. The zero-order valence-electron chi connectivity index (χ0n) is 15.8. The molecule has 1 aliphatic heterocycles. The number of benzene rings is 2. The second kappa shape index (κ2) is 9.75. The number of amides is 2. The van der Waals surface area contributed by atoms with E-state index < -0.39 is 0 Å². The molecule has 0 spiro atoms. The molecule has 0 saturated carbocycles. The molecule has 0 bridgehead atoms. The molecular weight excluding hydrogens is 360 g/mol. The van der Waals surface area contributed by atoms with Gasteiger partial charge in [-0.15, -0.1) is 0 Å². The minimum atomic E-state index is -0.350. The van der Waals surface area contributed by atoms with Crippen molar-refractivity contribution >= 4 is 11.8 Å². The van der Waals surface area contributed by atoms with Gasteiger partial charge < -0.3 is 24.4 Å². The Morgan fingerprint density at radius 2 is 1.82 bits per heavy atom. The lowest BCUT2D eigenvalue weighted by atomic mass is 10.1. The van der Waals surface area contributed by atoms with E-state index in [1.165, 1.54) is 0 Å². The van der Waals surface area contributed by atoms with E-state index in [0.717, 1.165) is 5.56 Å². The van der Waals surface area contributed by atoms with Crippen LogP contribution in [0.4, 0.5) is 0 Å². The SMILES string of the molecule is COc1ccc(OCC(=O)NCC(=O)N2CCOC(c3ccccc3)C2)cc1. The topological polar surface area (TPSA) is 77.1 Å². The average molecular weight is 384 g/mol. The van der Waals surface area contributed by atoms with E-state index in [4.69, 9.17) is 14.2 Å². The van der Waals surface area contributed by atoms with Crippen LogP contribution in [0.5, 0.6) is 11.5 Å². The van der Waals surface area contributed by atoms with Gasteiger partial charge in [0, 0.05) is 6.54 Å². The molecule has 7 nitrogen and oxygen atoms in total. The highest BCUT2D eigenvalue weighted by molar-refractivity contribution is 5.85. The van der Waals surface area contributed by atoms with Crippen molar-refractivity contribution in [2.75, 3.05) is 40.0 Å². The lowest BCUT2D eigenvalue weighted by Gasteiger charge is -2.33. The second-order valence-electron chi connectivity index (χ2n) is 6.35. The molecule has 28 heavy (non-hydrogen) atoms. The van der Waals surface area contributed by atoms with Crippen molar-refractivity contribution in [1.82, 2.24) is 10.2 Å². The number of rotatable bonds is 7. The number of hydrogen-bond donors (Lipinski definition) is 1. The Kier molecular flexibility index (Phi) is 6.86. The first kappa shape index (κ1) is 19.7. The van der Waals surface area contributed by atoms with Crippen LogP contribution in [-0.2, 0) is 14.3 Å². The van der Waals surface area contributed by atoms with Crippen molar-refractivity contribution in [3.63, 3.8) is 0 Å². The fraction of sp³-hybridized carbons (Fsp3) is 0.333. The number of nitrogens with one attached hydrogen (secondary N) is 1. The summed E-state index contributed by atoms with van der Waals surface area (Å²) in [6.45, 7) is 1.24. The number of morpholine rings is 1. The summed E-state index contributed by atoms with van der Waals surface area (Å²) < 4.78 is 16.2. The number of methoxy groups -OCH3 is 1. The molecule has 1 saturated heterocycles. The Labute approximate surface area is 164 Å². The van der Waals surface area contributed by atoms with Gasteiger partial charge in [0.15, 0.2) is 6.61 Å². The summed E-state index contributed by atoms with van der Waals surface area (Å²) in [5.41, 5.74) is 1.04. The van der Waals surface area contributed by atoms with Crippen molar-refractivity contribution in [2.45, 2.75) is 6.10 Å². The van der Waals surface area contributed by atoms with E-state index >= 15 is 0 Å². The Morgan fingerprint density at radius 3 is 2.54 bits per heavy atom. The molecule has 0 aliphatic carbocycles. The minimum Gasteiger partial charge on any atom is -0.497 e. The van der Waals surface area contributed by atoms with Crippen molar-refractivity contribution in [3.05, 3.63) is 60.2 Å². The van der Waals surface area contributed by atoms with Crippen LogP contribution < -0.4 is 14.8 Å². The van der Waals surface area contributed by atoms with E-state index in [2.05, 4.69) is 5.32 Å². The molecule has 1 fully saturated rings. The molecule has 148 valence electrons. The number of nitrogens with zero attached hydrogens (tertiary/aromatic N) is 1. The molecule has 7 heteroatoms. The third-order valence-electron chi connectivity index (χ3n) is 4.46. The van der Waals surface area contributed by atoms with Crippen LogP contribution in [0.1, 0.15) is 11.7 Å². The molecule has 1 aliphatic rings. The Morgan fingerprint density at radius 1 is 1.11 bits per heavy atom. The Hall–Kier alpha value is -3.06. The van der Waals surface area contributed by atoms with E-state index in [1.54, 1.807) is 36.3 Å². The Bertz CT molecular complexity index is 779. The summed E-state index contributed by atoms with van der Waals surface area (Å²) in [7, 11) is 1.58. The smallest absolute Gasteiger partial charge is 0.258 e. The summed E-state index contributed by atoms with van der Waals surface area (Å²) in [5, 5.41) is 2.61. The molecule has 1 N–H and O–H groups in total.